The van der Waals surface area contributed by atoms with Gasteiger partial charge in [0.05, 0.1) is 0 Å². The molecule has 0 radical (unpaired) electrons. The number of carbonyl (C=O) groups excluding carboxylic acids is 2. The van der Waals surface area contributed by atoms with Gasteiger partial charge in [0.25, 0.3) is 0 Å². The molecule has 0 spiro atoms. The molecule has 1 aromatic carbocycles. The first-order valence-electron chi connectivity index (χ1n) is 6.54. The molecule has 0 aliphatic rings. The Labute approximate surface area is 128 Å². The summed E-state index contributed by atoms with van der Waals surface area (Å²) in [5.74, 6) is -0.161. The highest BCUT2D eigenvalue weighted by Crippen LogP contribution is 2.20. The van der Waals surface area contributed by atoms with Crippen molar-refractivity contribution >= 4 is 33.4 Å². The second kappa shape index (κ2) is 6.88. The number of amides is 2. The van der Waals surface area contributed by atoms with Crippen LogP contribution >= 0.6 is 15.9 Å². The molecule has 0 atom stereocenters. The van der Waals surface area contributed by atoms with Gasteiger partial charge in [-0.3, -0.25) is 9.59 Å². The van der Waals surface area contributed by atoms with Crippen molar-refractivity contribution in [3.63, 3.8) is 0 Å². The third-order valence-electron chi connectivity index (χ3n) is 2.76. The fourth-order valence-electron chi connectivity index (χ4n) is 1.50. The van der Waals surface area contributed by atoms with Crippen LogP contribution < -0.4 is 10.6 Å². The number of rotatable bonds is 4. The van der Waals surface area contributed by atoms with Gasteiger partial charge >= 0.3 is 0 Å². The monoisotopic (exact) mass is 340 g/mol. The van der Waals surface area contributed by atoms with E-state index in [-0.39, 0.29) is 18.2 Å². The molecule has 110 valence electrons. The molecular weight excluding hydrogens is 320 g/mol. The summed E-state index contributed by atoms with van der Waals surface area (Å²) >= 11 is 3.41. The Kier molecular flexibility index (Phi) is 5.74. The molecule has 0 aromatic heterocycles. The van der Waals surface area contributed by atoms with Crippen LogP contribution in [0.25, 0.3) is 0 Å². The van der Waals surface area contributed by atoms with Gasteiger partial charge in [0.15, 0.2) is 0 Å². The molecule has 4 nitrogen and oxygen atoms in total. The zero-order valence-corrected chi connectivity index (χ0v) is 13.9. The highest BCUT2D eigenvalue weighted by Gasteiger charge is 2.20. The largest absolute Gasteiger partial charge is 0.355 e. The van der Waals surface area contributed by atoms with Crippen LogP contribution in [0.15, 0.2) is 22.7 Å². The minimum atomic E-state index is -0.431. The smallest absolute Gasteiger partial charge is 0.226 e. The van der Waals surface area contributed by atoms with Gasteiger partial charge < -0.3 is 10.6 Å². The quantitative estimate of drug-likeness (QED) is 0.883. The maximum absolute atomic E-state index is 11.8. The van der Waals surface area contributed by atoms with E-state index in [2.05, 4.69) is 26.6 Å². The summed E-state index contributed by atoms with van der Waals surface area (Å²) in [7, 11) is 0. The number of benzene rings is 1. The molecule has 2 N–H and O–H groups in total. The van der Waals surface area contributed by atoms with Gasteiger partial charge in [-0.25, -0.2) is 0 Å². The summed E-state index contributed by atoms with van der Waals surface area (Å²) in [6.07, 6.45) is 0.261. The van der Waals surface area contributed by atoms with Crippen molar-refractivity contribution in [2.24, 2.45) is 5.41 Å². The predicted molar refractivity (Wildman–Crippen MR) is 84.6 cm³/mol. The molecule has 0 fully saturated rings. The van der Waals surface area contributed by atoms with Crippen LogP contribution in [0.3, 0.4) is 0 Å². The fourth-order valence-corrected chi connectivity index (χ4v) is 1.75. The fraction of sp³-hybridized carbons (Fsp3) is 0.467. The van der Waals surface area contributed by atoms with Gasteiger partial charge in [-0.2, -0.15) is 0 Å². The minimum absolute atomic E-state index is 0.0511. The van der Waals surface area contributed by atoms with Crippen molar-refractivity contribution in [1.29, 1.82) is 0 Å². The Balaban J connectivity index is 2.41. The number of hydrogen-bond donors (Lipinski definition) is 2. The number of nitrogens with one attached hydrogen (secondary N) is 2. The Hall–Kier alpha value is -1.36. The average molecular weight is 341 g/mol. The van der Waals surface area contributed by atoms with E-state index in [1.807, 2.05) is 45.9 Å². The molecule has 0 aliphatic heterocycles. The number of aryl methyl sites for hydroxylation is 1. The Bertz CT molecular complexity index is 507. The first kappa shape index (κ1) is 16.7. The summed E-state index contributed by atoms with van der Waals surface area (Å²) in [4.78, 5) is 23.4. The zero-order chi connectivity index (χ0) is 15.3. The first-order valence-corrected chi connectivity index (χ1v) is 7.34. The zero-order valence-electron chi connectivity index (χ0n) is 12.3. The summed E-state index contributed by atoms with van der Waals surface area (Å²) in [5, 5.41) is 5.56. The van der Waals surface area contributed by atoms with Crippen molar-refractivity contribution < 1.29 is 9.59 Å². The van der Waals surface area contributed by atoms with Crippen LogP contribution in [-0.4, -0.2) is 18.4 Å². The summed E-state index contributed by atoms with van der Waals surface area (Å²) in [6, 6.07) is 5.63. The van der Waals surface area contributed by atoms with Crippen molar-refractivity contribution in [2.45, 2.75) is 34.1 Å². The second-order valence-electron chi connectivity index (χ2n) is 5.77. The highest BCUT2D eigenvalue weighted by molar-refractivity contribution is 9.10. The molecule has 0 unspecified atom stereocenters. The summed E-state index contributed by atoms with van der Waals surface area (Å²) in [5.41, 5.74) is 1.39. The van der Waals surface area contributed by atoms with Crippen LogP contribution in [-0.2, 0) is 9.59 Å². The van der Waals surface area contributed by atoms with Gasteiger partial charge in [0, 0.05) is 28.5 Å². The van der Waals surface area contributed by atoms with E-state index in [0.717, 1.165) is 15.7 Å². The molecule has 0 heterocycles. The average Bonchev–Trinajstić information content (AvgIpc) is 2.32. The molecule has 5 heteroatoms. The van der Waals surface area contributed by atoms with Crippen molar-refractivity contribution in [2.75, 3.05) is 11.9 Å². The molecule has 2 amide bonds. The second-order valence-corrected chi connectivity index (χ2v) is 6.62. The van der Waals surface area contributed by atoms with E-state index in [9.17, 15) is 9.59 Å². The van der Waals surface area contributed by atoms with Gasteiger partial charge in [-0.05, 0) is 30.7 Å². The van der Waals surface area contributed by atoms with Crippen molar-refractivity contribution in [1.82, 2.24) is 5.32 Å². The van der Waals surface area contributed by atoms with E-state index in [1.54, 1.807) is 0 Å². The molecule has 0 bridgehead atoms. The maximum atomic E-state index is 11.8. The van der Waals surface area contributed by atoms with Crippen molar-refractivity contribution in [3.8, 4) is 0 Å². The van der Waals surface area contributed by atoms with E-state index in [4.69, 9.17) is 0 Å². The standard InChI is InChI=1S/C15H21BrN2O2/c1-10-9-11(5-6-12(10)16)18-13(19)7-8-17-14(20)15(2,3)4/h5-6,9H,7-8H2,1-4H3,(H,17,20)(H,18,19). The lowest BCUT2D eigenvalue weighted by Gasteiger charge is -2.17. The maximum Gasteiger partial charge on any atom is 0.226 e. The Morgan fingerprint density at radius 1 is 1.25 bits per heavy atom. The number of carbonyl (C=O) groups is 2. The summed E-state index contributed by atoms with van der Waals surface area (Å²) in [6.45, 7) is 7.83. The minimum Gasteiger partial charge on any atom is -0.355 e. The highest BCUT2D eigenvalue weighted by atomic mass is 79.9. The van der Waals surface area contributed by atoms with Crippen LogP contribution in [0.1, 0.15) is 32.8 Å². The van der Waals surface area contributed by atoms with Gasteiger partial charge in [-0.15, -0.1) is 0 Å². The molecule has 0 saturated heterocycles. The Morgan fingerprint density at radius 2 is 1.90 bits per heavy atom. The first-order chi connectivity index (χ1) is 9.20. The lowest BCUT2D eigenvalue weighted by molar-refractivity contribution is -0.128. The van der Waals surface area contributed by atoms with E-state index < -0.39 is 5.41 Å². The van der Waals surface area contributed by atoms with Gasteiger partial charge in [-0.1, -0.05) is 36.7 Å². The Morgan fingerprint density at radius 3 is 2.45 bits per heavy atom. The molecule has 1 rings (SSSR count). The topological polar surface area (TPSA) is 58.2 Å². The third kappa shape index (κ3) is 5.33. The van der Waals surface area contributed by atoms with Crippen LogP contribution in [0.5, 0.6) is 0 Å². The molecule has 0 aliphatic carbocycles. The van der Waals surface area contributed by atoms with Crippen LogP contribution in [0, 0.1) is 12.3 Å². The molecule has 1 aromatic rings. The molecular formula is C15H21BrN2O2. The molecule has 20 heavy (non-hydrogen) atoms. The number of halogens is 1. The molecule has 0 saturated carbocycles. The van der Waals surface area contributed by atoms with Crippen LogP contribution in [0.2, 0.25) is 0 Å². The van der Waals surface area contributed by atoms with E-state index in [0.29, 0.717) is 6.54 Å². The predicted octanol–water partition coefficient (Wildman–Crippen LogP) is 3.25. The summed E-state index contributed by atoms with van der Waals surface area (Å²) < 4.78 is 1.01. The lowest BCUT2D eigenvalue weighted by Crippen LogP contribution is -2.36. The SMILES string of the molecule is Cc1cc(NC(=O)CCNC(=O)C(C)(C)C)ccc1Br. The van der Waals surface area contributed by atoms with Gasteiger partial charge in [0.2, 0.25) is 11.8 Å². The van der Waals surface area contributed by atoms with Crippen molar-refractivity contribution in [3.05, 3.63) is 28.2 Å². The number of anilines is 1. The van der Waals surface area contributed by atoms with E-state index in [1.165, 1.54) is 0 Å². The third-order valence-corrected chi connectivity index (χ3v) is 3.65. The number of hydrogen-bond acceptors (Lipinski definition) is 2. The van der Waals surface area contributed by atoms with E-state index >= 15 is 0 Å². The van der Waals surface area contributed by atoms with Gasteiger partial charge in [0.1, 0.15) is 0 Å². The van der Waals surface area contributed by atoms with Crippen LogP contribution in [0.4, 0.5) is 5.69 Å². The lowest BCUT2D eigenvalue weighted by atomic mass is 9.96. The normalized spacial score (nSPS) is 11.1.